The predicted octanol–water partition coefficient (Wildman–Crippen LogP) is 4.06. The van der Waals surface area contributed by atoms with Crippen molar-refractivity contribution < 1.29 is 0 Å². The molecule has 2 bridgehead atoms. The highest BCUT2D eigenvalue weighted by molar-refractivity contribution is 5.53. The van der Waals surface area contributed by atoms with Crippen molar-refractivity contribution in [1.29, 1.82) is 0 Å². The van der Waals surface area contributed by atoms with Gasteiger partial charge in [-0.25, -0.2) is 0 Å². The smallest absolute Gasteiger partial charge is 0.0225 e. The lowest BCUT2D eigenvalue weighted by Crippen LogP contribution is -2.32. The first kappa shape index (κ1) is 9.76. The molecule has 1 nitrogen and oxygen atoms in total. The van der Waals surface area contributed by atoms with Crippen LogP contribution in [0.25, 0.3) is 0 Å². The lowest BCUT2D eigenvalue weighted by atomic mass is 9.80. The first-order valence-electron chi connectivity index (χ1n) is 7.03. The van der Waals surface area contributed by atoms with Crippen molar-refractivity contribution in [2.24, 2.45) is 0 Å². The third-order valence-corrected chi connectivity index (χ3v) is 4.63. The van der Waals surface area contributed by atoms with Gasteiger partial charge >= 0.3 is 0 Å². The molecule has 0 N–H and O–H groups in total. The van der Waals surface area contributed by atoms with Crippen molar-refractivity contribution in [1.82, 2.24) is 4.90 Å². The minimum atomic E-state index is 1.20. The van der Waals surface area contributed by atoms with Crippen LogP contribution in [0.3, 0.4) is 0 Å². The van der Waals surface area contributed by atoms with Crippen LogP contribution in [-0.2, 0) is 0 Å². The molecular weight excluding hydrogens is 206 g/mol. The maximum atomic E-state index is 2.63. The molecule has 4 rings (SSSR count). The summed E-state index contributed by atoms with van der Waals surface area (Å²) in [6, 6.07) is 0. The monoisotopic (exact) mass is 225 g/mol. The van der Waals surface area contributed by atoms with Gasteiger partial charge in [-0.05, 0) is 61.3 Å². The third-order valence-electron chi connectivity index (χ3n) is 4.63. The topological polar surface area (TPSA) is 3.24 Å². The van der Waals surface area contributed by atoms with E-state index in [1.165, 1.54) is 51.5 Å². The summed E-state index contributed by atoms with van der Waals surface area (Å²) in [5.41, 5.74) is 8.24. The first-order valence-corrected chi connectivity index (χ1v) is 7.03. The average Bonchev–Trinajstić information content (AvgIpc) is 2.59. The number of fused-ring (bicyclic) bond motifs is 3. The number of allylic oxidation sites excluding steroid dienone is 7. The molecule has 1 fully saturated rings. The summed E-state index contributed by atoms with van der Waals surface area (Å²) in [6.07, 6.45) is 16.2. The normalized spacial score (nSPS) is 26.8. The molecule has 2 aliphatic heterocycles. The van der Waals surface area contributed by atoms with Crippen LogP contribution < -0.4 is 0 Å². The Kier molecular flexibility index (Phi) is 2.08. The Morgan fingerprint density at radius 3 is 2.94 bits per heavy atom. The van der Waals surface area contributed by atoms with Gasteiger partial charge in [0.25, 0.3) is 0 Å². The van der Waals surface area contributed by atoms with Gasteiger partial charge in [0, 0.05) is 24.4 Å². The Labute approximate surface area is 103 Å². The van der Waals surface area contributed by atoms with E-state index in [9.17, 15) is 0 Å². The van der Waals surface area contributed by atoms with Gasteiger partial charge in [-0.1, -0.05) is 12.2 Å². The number of hydrogen-bond acceptors (Lipinski definition) is 1. The summed E-state index contributed by atoms with van der Waals surface area (Å²) in [5, 5.41) is 0. The number of nitrogens with zero attached hydrogens (tertiary/aromatic N) is 1. The summed E-state index contributed by atoms with van der Waals surface area (Å²) < 4.78 is 0. The fraction of sp³-hybridized carbons (Fsp3) is 0.500. The molecule has 0 aromatic carbocycles. The van der Waals surface area contributed by atoms with Crippen molar-refractivity contribution in [3.05, 3.63) is 46.3 Å². The third kappa shape index (κ3) is 1.38. The van der Waals surface area contributed by atoms with Crippen LogP contribution in [0.15, 0.2) is 46.3 Å². The second-order valence-electron chi connectivity index (χ2n) is 5.59. The van der Waals surface area contributed by atoms with Crippen molar-refractivity contribution in [3.63, 3.8) is 0 Å². The van der Waals surface area contributed by atoms with Gasteiger partial charge in [-0.2, -0.15) is 0 Å². The van der Waals surface area contributed by atoms with Crippen molar-refractivity contribution in [2.75, 3.05) is 6.54 Å². The quantitative estimate of drug-likeness (QED) is 0.601. The molecule has 0 atom stereocenters. The zero-order valence-electron chi connectivity index (χ0n) is 10.3. The van der Waals surface area contributed by atoms with Gasteiger partial charge in [-0.3, -0.25) is 0 Å². The van der Waals surface area contributed by atoms with Crippen LogP contribution >= 0.6 is 0 Å². The molecule has 2 aliphatic carbocycles. The fourth-order valence-electron chi connectivity index (χ4n) is 3.84. The first-order chi connectivity index (χ1) is 8.43. The zero-order chi connectivity index (χ0) is 11.2. The highest BCUT2D eigenvalue weighted by atomic mass is 15.2. The van der Waals surface area contributed by atoms with E-state index in [0.717, 1.165) is 0 Å². The molecule has 0 spiro atoms. The summed E-state index contributed by atoms with van der Waals surface area (Å²) in [7, 11) is 0. The van der Waals surface area contributed by atoms with Crippen LogP contribution in [0.2, 0.25) is 0 Å². The number of hydrogen-bond donors (Lipinski definition) is 0. The summed E-state index contributed by atoms with van der Waals surface area (Å²) in [4.78, 5) is 2.63. The maximum Gasteiger partial charge on any atom is 0.0225 e. The highest BCUT2D eigenvalue weighted by Gasteiger charge is 2.31. The Bertz CT molecular complexity index is 488. The molecule has 1 heteroatoms. The molecule has 0 radical (unpaired) electrons. The average molecular weight is 225 g/mol. The van der Waals surface area contributed by atoms with Crippen molar-refractivity contribution in [2.45, 2.75) is 44.9 Å². The van der Waals surface area contributed by atoms with Gasteiger partial charge in [0.05, 0.1) is 0 Å². The molecule has 0 amide bonds. The molecule has 0 aromatic rings. The van der Waals surface area contributed by atoms with E-state index >= 15 is 0 Å². The van der Waals surface area contributed by atoms with Gasteiger partial charge in [-0.15, -0.1) is 0 Å². The SMILES string of the molecule is C1=CC2=C3CC(=C1)N1CCCCC1=C3CCC2. The van der Waals surface area contributed by atoms with E-state index < -0.39 is 0 Å². The standard InChI is InChI=1S/C16H19N/c1-2-10-17-13-7-3-5-12-6-4-8-14(15(12)11-13)16(17)9-1/h3,5,7H,1-2,4,6,8-11H2. The Hall–Kier alpha value is -1.24. The largest absolute Gasteiger partial charge is 0.348 e. The zero-order valence-corrected chi connectivity index (χ0v) is 10.3. The van der Waals surface area contributed by atoms with Gasteiger partial charge in [0.2, 0.25) is 0 Å². The van der Waals surface area contributed by atoms with Gasteiger partial charge in [0.1, 0.15) is 0 Å². The molecule has 4 aliphatic rings. The number of piperidine rings is 1. The molecule has 17 heavy (non-hydrogen) atoms. The lowest BCUT2D eigenvalue weighted by molar-refractivity contribution is 0.330. The van der Waals surface area contributed by atoms with Gasteiger partial charge < -0.3 is 4.90 Å². The van der Waals surface area contributed by atoms with E-state index in [-0.39, 0.29) is 0 Å². The minimum Gasteiger partial charge on any atom is -0.348 e. The fourth-order valence-corrected chi connectivity index (χ4v) is 3.84. The second kappa shape index (κ2) is 3.63. The van der Waals surface area contributed by atoms with Crippen LogP contribution in [0.1, 0.15) is 44.9 Å². The maximum absolute atomic E-state index is 2.63. The van der Waals surface area contributed by atoms with E-state index in [1.807, 2.05) is 0 Å². The van der Waals surface area contributed by atoms with Crippen LogP contribution in [0.5, 0.6) is 0 Å². The molecule has 88 valence electrons. The van der Waals surface area contributed by atoms with Crippen LogP contribution in [-0.4, -0.2) is 11.4 Å². The van der Waals surface area contributed by atoms with E-state index in [4.69, 9.17) is 0 Å². The molecule has 2 heterocycles. The Morgan fingerprint density at radius 2 is 1.94 bits per heavy atom. The molecule has 1 saturated heterocycles. The summed E-state index contributed by atoms with van der Waals surface area (Å²) in [5.74, 6) is 0. The second-order valence-corrected chi connectivity index (χ2v) is 5.59. The van der Waals surface area contributed by atoms with Crippen molar-refractivity contribution >= 4 is 0 Å². The van der Waals surface area contributed by atoms with Crippen LogP contribution in [0.4, 0.5) is 0 Å². The highest BCUT2D eigenvalue weighted by Crippen LogP contribution is 2.45. The van der Waals surface area contributed by atoms with E-state index in [2.05, 4.69) is 23.1 Å². The van der Waals surface area contributed by atoms with Crippen LogP contribution in [0, 0.1) is 0 Å². The number of rotatable bonds is 0. The molecule has 0 saturated carbocycles. The predicted molar refractivity (Wildman–Crippen MR) is 70.3 cm³/mol. The van der Waals surface area contributed by atoms with Gasteiger partial charge in [0.15, 0.2) is 0 Å². The lowest BCUT2D eigenvalue weighted by Gasteiger charge is -2.41. The molecule has 0 unspecified atom stereocenters. The minimum absolute atomic E-state index is 1.20. The Balaban J connectivity index is 1.95. The molecular formula is C16H19N. The Morgan fingerprint density at radius 1 is 0.941 bits per heavy atom. The van der Waals surface area contributed by atoms with E-state index in [0.29, 0.717) is 0 Å². The van der Waals surface area contributed by atoms with E-state index in [1.54, 1.807) is 28.1 Å². The summed E-state index contributed by atoms with van der Waals surface area (Å²) in [6.45, 7) is 1.25. The van der Waals surface area contributed by atoms with Crippen molar-refractivity contribution in [3.8, 4) is 0 Å². The molecule has 0 aromatic heterocycles. The summed E-state index contributed by atoms with van der Waals surface area (Å²) >= 11 is 0.